The average Bonchev–Trinajstić information content (AvgIpc) is 2.07. The summed E-state index contributed by atoms with van der Waals surface area (Å²) < 4.78 is 39.5. The summed E-state index contributed by atoms with van der Waals surface area (Å²) >= 11 is -2.14. The molecule has 0 aliphatic carbocycles. The van der Waals surface area contributed by atoms with Gasteiger partial charge in [0.2, 0.25) is 0 Å². The van der Waals surface area contributed by atoms with Crippen molar-refractivity contribution < 1.29 is 56.6 Å². The van der Waals surface area contributed by atoms with Crippen molar-refractivity contribution in [2.24, 2.45) is 0 Å². The van der Waals surface area contributed by atoms with Gasteiger partial charge >= 0.3 is 37.0 Å². The largest absolute Gasteiger partial charge is 0.550 e. The van der Waals surface area contributed by atoms with E-state index in [0.717, 1.165) is 0 Å². The molecule has 0 atom stereocenters. The molecule has 72 valence electrons. The Hall–Kier alpha value is 0.720. The fraction of sp³-hybridized carbons (Fsp3) is 1.00. The summed E-state index contributed by atoms with van der Waals surface area (Å²) in [5, 5.41) is 0. The Labute approximate surface area is 82.6 Å². The van der Waals surface area contributed by atoms with Gasteiger partial charge in [-0.3, -0.25) is 0 Å². The summed E-state index contributed by atoms with van der Waals surface area (Å²) in [5.41, 5.74) is 0. The van der Waals surface area contributed by atoms with Crippen molar-refractivity contribution in [2.75, 3.05) is 19.8 Å². The minimum absolute atomic E-state index is 0.0285. The summed E-state index contributed by atoms with van der Waals surface area (Å²) in [6.45, 7) is 0.647. The van der Waals surface area contributed by atoms with Crippen LogP contribution in [0.3, 0.4) is 0 Å². The molecule has 0 unspecified atom stereocenters. The van der Waals surface area contributed by atoms with Gasteiger partial charge in [-0.25, -0.2) is 0 Å². The number of hydrogen-bond donors (Lipinski definition) is 0. The van der Waals surface area contributed by atoms with Crippen molar-refractivity contribution in [2.45, 2.75) is 5.97 Å². The van der Waals surface area contributed by atoms with Crippen LogP contribution in [0.25, 0.3) is 0 Å². The molecule has 0 spiro atoms. The van der Waals surface area contributed by atoms with Gasteiger partial charge in [0.25, 0.3) is 0 Å². The molecule has 0 aromatic carbocycles. The van der Waals surface area contributed by atoms with Crippen LogP contribution >= 0.6 is 0 Å². The van der Waals surface area contributed by atoms with E-state index in [1.54, 1.807) is 0 Å². The molecule has 12 heavy (non-hydrogen) atoms. The molecule has 0 bridgehead atoms. The van der Waals surface area contributed by atoms with Crippen LogP contribution < -0.4 is 8.40 Å². The van der Waals surface area contributed by atoms with Gasteiger partial charge in [-0.2, -0.15) is 0 Å². The average molecular weight is 310 g/mol. The second kappa shape index (κ2) is 5.45. The summed E-state index contributed by atoms with van der Waals surface area (Å²) in [6, 6.07) is 0. The van der Waals surface area contributed by atoms with Gasteiger partial charge in [0.1, 0.15) is 6.61 Å². The third-order valence-corrected chi connectivity index (χ3v) is 2.38. The Morgan fingerprint density at radius 2 is 1.83 bits per heavy atom. The predicted octanol–water partition coefficient (Wildman–Crippen LogP) is -2.73. The molecule has 1 rings (SSSR count). The molecule has 6 nitrogen and oxygen atoms in total. The van der Waals surface area contributed by atoms with Gasteiger partial charge in [0.15, 0.2) is 0 Å². The number of ether oxygens (including phenoxy) is 2. The lowest BCUT2D eigenvalue weighted by Gasteiger charge is -2.25. The summed E-state index contributed by atoms with van der Waals surface area (Å²) in [5.74, 6) is -1.54. The quantitative estimate of drug-likeness (QED) is 0.524. The first kappa shape index (κ1) is 10.8. The van der Waals surface area contributed by atoms with Crippen LogP contribution in [-0.2, 0) is 17.1 Å². The van der Waals surface area contributed by atoms with Crippen LogP contribution in [0.2, 0.25) is 0 Å². The molecule has 8 heteroatoms. The zero-order chi connectivity index (χ0) is 8.86. The zero-order valence-corrected chi connectivity index (χ0v) is 9.00. The molecular formula is C4H6Br2O6. The zero-order valence-electron chi connectivity index (χ0n) is 5.83. The van der Waals surface area contributed by atoms with Gasteiger partial charge in [-0.1, -0.05) is 7.66 Å². The lowest BCUT2D eigenvalue weighted by atomic mass is 10.5. The van der Waals surface area contributed by atoms with E-state index in [9.17, 15) is 8.40 Å². The van der Waals surface area contributed by atoms with Crippen molar-refractivity contribution in [3.05, 3.63) is 0 Å². The molecule has 1 aliphatic heterocycles. The van der Waals surface area contributed by atoms with Gasteiger partial charge in [0, 0.05) is 0 Å². The fourth-order valence-corrected chi connectivity index (χ4v) is 1.78. The molecular weight excluding hydrogens is 304 g/mol. The van der Waals surface area contributed by atoms with Crippen LogP contribution in [0.15, 0.2) is 0 Å². The molecule has 1 heterocycles. The maximum Gasteiger partial charge on any atom is 0.426 e. The standard InChI is InChI=1S/C4H6Br2O6/c7-5-11-4(12-6-8)3-9-1-2-10-4/h1-3H2. The van der Waals surface area contributed by atoms with Gasteiger partial charge < -0.3 is 17.9 Å². The topological polar surface area (TPSA) is 83.0 Å². The van der Waals surface area contributed by atoms with Crippen molar-refractivity contribution in [1.82, 2.24) is 0 Å². The Bertz CT molecular complexity index is 111. The van der Waals surface area contributed by atoms with Crippen molar-refractivity contribution in [3.63, 3.8) is 0 Å². The third kappa shape index (κ3) is 2.89. The van der Waals surface area contributed by atoms with Gasteiger partial charge in [0.05, 0.1) is 13.2 Å². The molecule has 1 fully saturated rings. The Morgan fingerprint density at radius 1 is 1.17 bits per heavy atom. The van der Waals surface area contributed by atoms with E-state index in [1.807, 2.05) is 0 Å². The Morgan fingerprint density at radius 3 is 2.25 bits per heavy atom. The van der Waals surface area contributed by atoms with Crippen LogP contribution in [-0.4, -0.2) is 25.8 Å². The maximum atomic E-state index is 10.2. The lowest BCUT2D eigenvalue weighted by molar-refractivity contribution is -1.32. The van der Waals surface area contributed by atoms with E-state index in [2.05, 4.69) is 7.66 Å². The molecule has 1 aliphatic rings. The highest BCUT2D eigenvalue weighted by molar-refractivity contribution is 4.55. The van der Waals surface area contributed by atoms with Crippen LogP contribution in [0, 0.1) is 31.1 Å². The normalized spacial score (nSPS) is 22.5. The maximum absolute atomic E-state index is 10.2. The molecule has 0 N–H and O–H groups in total. The van der Waals surface area contributed by atoms with Crippen molar-refractivity contribution in [3.8, 4) is 0 Å². The first-order valence-electron chi connectivity index (χ1n) is 2.95. The van der Waals surface area contributed by atoms with E-state index in [1.165, 1.54) is 0 Å². The highest BCUT2D eigenvalue weighted by atomic mass is 79.9. The molecule has 0 saturated carbocycles. The Balaban J connectivity index is 2.44. The Kier molecular flexibility index (Phi) is 4.90. The monoisotopic (exact) mass is 308 g/mol. The van der Waals surface area contributed by atoms with Gasteiger partial charge in [-0.05, 0) is 0 Å². The van der Waals surface area contributed by atoms with E-state index < -0.39 is 37.0 Å². The molecule has 0 amide bonds. The minimum Gasteiger partial charge on any atom is -0.550 e. The fourth-order valence-electron chi connectivity index (χ4n) is 0.692. The first-order valence-corrected chi connectivity index (χ1v) is 5.54. The second-order valence-electron chi connectivity index (χ2n) is 1.86. The number of halogens is 2. The minimum atomic E-state index is -1.54. The molecule has 1 saturated heterocycles. The smallest absolute Gasteiger partial charge is 0.426 e. The number of rotatable bonds is 4. The summed E-state index contributed by atoms with van der Waals surface area (Å²) in [7, 11) is 0. The predicted molar refractivity (Wildman–Crippen MR) is 21.7 cm³/mol. The number of hydrogen-bond acceptors (Lipinski definition) is 6. The van der Waals surface area contributed by atoms with Crippen LogP contribution in [0.5, 0.6) is 0 Å². The molecule has 0 radical (unpaired) electrons. The summed E-state index contributed by atoms with van der Waals surface area (Å²) in [6.07, 6.45) is 0. The van der Waals surface area contributed by atoms with Crippen LogP contribution in [0.1, 0.15) is 0 Å². The van der Waals surface area contributed by atoms with Gasteiger partial charge in [-0.15, -0.1) is 0 Å². The lowest BCUT2D eigenvalue weighted by Crippen LogP contribution is -2.49. The highest BCUT2D eigenvalue weighted by Crippen LogP contribution is 2.19. The third-order valence-electron chi connectivity index (χ3n) is 1.13. The first-order chi connectivity index (χ1) is 5.83. The van der Waals surface area contributed by atoms with Crippen LogP contribution in [0.4, 0.5) is 0 Å². The molecule has 0 aromatic rings. The van der Waals surface area contributed by atoms with Crippen molar-refractivity contribution in [1.29, 1.82) is 0 Å². The highest BCUT2D eigenvalue weighted by Gasteiger charge is 2.47. The van der Waals surface area contributed by atoms with E-state index >= 15 is 0 Å². The van der Waals surface area contributed by atoms with E-state index in [0.29, 0.717) is 6.61 Å². The van der Waals surface area contributed by atoms with E-state index in [4.69, 9.17) is 9.47 Å². The van der Waals surface area contributed by atoms with E-state index in [-0.39, 0.29) is 13.2 Å². The second-order valence-corrected chi connectivity index (χ2v) is 3.04. The summed E-state index contributed by atoms with van der Waals surface area (Å²) in [4.78, 5) is 0. The van der Waals surface area contributed by atoms with Crippen molar-refractivity contribution >= 4 is 0 Å². The SMILES string of the molecule is [O-][Br+]OC1(O[Br+][O-])COCCO1. The molecule has 0 aromatic heterocycles.